The van der Waals surface area contributed by atoms with E-state index in [4.69, 9.17) is 0 Å². The highest BCUT2D eigenvalue weighted by molar-refractivity contribution is 7.99. The lowest BCUT2D eigenvalue weighted by Gasteiger charge is -2.09. The molecule has 2 aromatic heterocycles. The first-order valence-electron chi connectivity index (χ1n) is 7.25. The maximum Gasteiger partial charge on any atom is 0.230 e. The Morgan fingerprint density at radius 1 is 1.42 bits per heavy atom. The van der Waals surface area contributed by atoms with E-state index in [0.29, 0.717) is 10.9 Å². The van der Waals surface area contributed by atoms with E-state index in [9.17, 15) is 14.7 Å². The molecule has 0 fully saturated rings. The largest absolute Gasteiger partial charge is 0.503 e. The molecule has 3 aromatic rings. The van der Waals surface area contributed by atoms with Gasteiger partial charge in [-0.05, 0) is 12.1 Å². The number of H-pyrrole nitrogens is 1. The number of para-hydroxylation sites is 2. The van der Waals surface area contributed by atoms with Gasteiger partial charge >= 0.3 is 0 Å². The third-order valence-corrected chi connectivity index (χ3v) is 4.37. The van der Waals surface area contributed by atoms with Crippen LogP contribution in [0.5, 0.6) is 5.75 Å². The SMILES string of the molecule is Cn1cc(O)c(=O)cc1CNC(=O)CSc1nc2ccccc2[nH]1. The summed E-state index contributed by atoms with van der Waals surface area (Å²) in [6, 6.07) is 8.97. The van der Waals surface area contributed by atoms with Crippen LogP contribution in [0.3, 0.4) is 0 Å². The zero-order valence-corrected chi connectivity index (χ0v) is 13.8. The highest BCUT2D eigenvalue weighted by atomic mass is 32.2. The number of amides is 1. The second-order valence-corrected chi connectivity index (χ2v) is 6.21. The summed E-state index contributed by atoms with van der Waals surface area (Å²) in [6.45, 7) is 0.214. The number of rotatable bonds is 5. The van der Waals surface area contributed by atoms with Crippen molar-refractivity contribution in [2.75, 3.05) is 5.75 Å². The van der Waals surface area contributed by atoms with Crippen LogP contribution < -0.4 is 10.7 Å². The Balaban J connectivity index is 1.56. The summed E-state index contributed by atoms with van der Waals surface area (Å²) in [4.78, 5) is 30.9. The molecule has 3 N–H and O–H groups in total. The number of aromatic hydroxyl groups is 1. The molecule has 0 saturated carbocycles. The number of carbonyl (C=O) groups is 1. The Kier molecular flexibility index (Phi) is 4.57. The van der Waals surface area contributed by atoms with E-state index in [1.165, 1.54) is 24.0 Å². The smallest absolute Gasteiger partial charge is 0.230 e. The third-order valence-electron chi connectivity index (χ3n) is 3.49. The number of thioether (sulfide) groups is 1. The summed E-state index contributed by atoms with van der Waals surface area (Å²) in [5.41, 5.74) is 1.94. The van der Waals surface area contributed by atoms with E-state index in [-0.39, 0.29) is 24.0 Å². The molecule has 0 saturated heterocycles. The molecule has 0 aliphatic heterocycles. The molecule has 1 amide bonds. The molecular weight excluding hydrogens is 328 g/mol. The predicted octanol–water partition coefficient (Wildman–Crippen LogP) is 1.38. The first-order chi connectivity index (χ1) is 11.5. The van der Waals surface area contributed by atoms with Gasteiger partial charge in [-0.15, -0.1) is 0 Å². The average Bonchev–Trinajstić information content (AvgIpc) is 2.98. The van der Waals surface area contributed by atoms with Crippen LogP contribution in [0.1, 0.15) is 5.69 Å². The van der Waals surface area contributed by atoms with Gasteiger partial charge in [-0.25, -0.2) is 4.98 Å². The fourth-order valence-corrected chi connectivity index (χ4v) is 2.92. The standard InChI is InChI=1S/C16H16N4O3S/c1-20-8-14(22)13(21)6-10(20)7-17-15(23)9-24-16-18-11-4-2-3-5-12(11)19-16/h2-6,8,22H,7,9H2,1H3,(H,17,23)(H,18,19). The monoisotopic (exact) mass is 344 g/mol. The molecule has 0 spiro atoms. The lowest BCUT2D eigenvalue weighted by atomic mass is 10.3. The molecule has 0 aliphatic rings. The topological polar surface area (TPSA) is 100 Å². The first kappa shape index (κ1) is 16.1. The number of carbonyl (C=O) groups excluding carboxylic acids is 1. The number of fused-ring (bicyclic) bond motifs is 1. The Morgan fingerprint density at radius 3 is 3.00 bits per heavy atom. The first-order valence-corrected chi connectivity index (χ1v) is 8.24. The van der Waals surface area contributed by atoms with Gasteiger partial charge in [0.1, 0.15) is 0 Å². The van der Waals surface area contributed by atoms with E-state index >= 15 is 0 Å². The van der Waals surface area contributed by atoms with Gasteiger partial charge in [0, 0.05) is 25.0 Å². The fraction of sp³-hybridized carbons (Fsp3) is 0.188. The van der Waals surface area contributed by atoms with Crippen LogP contribution in [0, 0.1) is 0 Å². The summed E-state index contributed by atoms with van der Waals surface area (Å²) < 4.78 is 1.60. The summed E-state index contributed by atoms with van der Waals surface area (Å²) in [6.07, 6.45) is 1.33. The fourth-order valence-electron chi connectivity index (χ4n) is 2.20. The molecule has 0 unspecified atom stereocenters. The number of pyridine rings is 1. The lowest BCUT2D eigenvalue weighted by molar-refractivity contribution is -0.118. The number of aromatic amines is 1. The molecule has 124 valence electrons. The summed E-state index contributed by atoms with van der Waals surface area (Å²) in [5, 5.41) is 12.8. The number of nitrogens with one attached hydrogen (secondary N) is 2. The van der Waals surface area contributed by atoms with Crippen molar-refractivity contribution in [1.82, 2.24) is 19.9 Å². The zero-order chi connectivity index (χ0) is 17.1. The predicted molar refractivity (Wildman–Crippen MR) is 92.0 cm³/mol. The number of imidazole rings is 1. The molecule has 3 rings (SSSR count). The van der Waals surface area contributed by atoms with Crippen molar-refractivity contribution in [2.24, 2.45) is 7.05 Å². The van der Waals surface area contributed by atoms with Gasteiger partial charge in [0.05, 0.1) is 23.3 Å². The highest BCUT2D eigenvalue weighted by Crippen LogP contribution is 2.18. The normalized spacial score (nSPS) is 10.9. The third kappa shape index (κ3) is 3.60. The molecule has 2 heterocycles. The zero-order valence-electron chi connectivity index (χ0n) is 12.9. The number of hydrogen-bond donors (Lipinski definition) is 3. The molecule has 24 heavy (non-hydrogen) atoms. The van der Waals surface area contributed by atoms with E-state index in [1.807, 2.05) is 24.3 Å². The quantitative estimate of drug-likeness (QED) is 0.607. The Hall–Kier alpha value is -2.74. The average molecular weight is 344 g/mol. The summed E-state index contributed by atoms with van der Waals surface area (Å²) in [5.74, 6) is -0.264. The number of aromatic nitrogens is 3. The van der Waals surface area contributed by atoms with Gasteiger partial charge in [-0.2, -0.15) is 0 Å². The number of aryl methyl sites for hydroxylation is 1. The molecule has 7 nitrogen and oxygen atoms in total. The van der Waals surface area contributed by atoms with Crippen LogP contribution in [-0.2, 0) is 18.4 Å². The van der Waals surface area contributed by atoms with Crippen molar-refractivity contribution in [2.45, 2.75) is 11.7 Å². The maximum atomic E-state index is 12.0. The van der Waals surface area contributed by atoms with E-state index in [2.05, 4.69) is 15.3 Å². The summed E-state index contributed by atoms with van der Waals surface area (Å²) >= 11 is 1.31. The van der Waals surface area contributed by atoms with Crippen LogP contribution in [0.2, 0.25) is 0 Å². The van der Waals surface area contributed by atoms with Gasteiger partial charge < -0.3 is 20.0 Å². The van der Waals surface area contributed by atoms with Gasteiger partial charge in [-0.3, -0.25) is 9.59 Å². The van der Waals surface area contributed by atoms with Gasteiger partial charge in [0.25, 0.3) is 0 Å². The molecular formula is C16H16N4O3S. The Morgan fingerprint density at radius 2 is 2.21 bits per heavy atom. The van der Waals surface area contributed by atoms with Crippen molar-refractivity contribution in [3.63, 3.8) is 0 Å². The minimum absolute atomic E-state index is 0.166. The Bertz CT molecular complexity index is 915. The highest BCUT2D eigenvalue weighted by Gasteiger charge is 2.08. The van der Waals surface area contributed by atoms with Crippen LogP contribution >= 0.6 is 11.8 Å². The second kappa shape index (κ2) is 6.79. The number of nitrogens with zero attached hydrogens (tertiary/aromatic N) is 2. The second-order valence-electron chi connectivity index (χ2n) is 5.25. The Labute approximate surface area is 141 Å². The van der Waals surface area contributed by atoms with Gasteiger partial charge in [-0.1, -0.05) is 23.9 Å². The van der Waals surface area contributed by atoms with Crippen molar-refractivity contribution < 1.29 is 9.90 Å². The van der Waals surface area contributed by atoms with Crippen LogP contribution in [-0.4, -0.2) is 31.3 Å². The molecule has 1 aromatic carbocycles. The van der Waals surface area contributed by atoms with Crippen molar-refractivity contribution in [3.05, 3.63) is 52.4 Å². The van der Waals surface area contributed by atoms with Crippen LogP contribution in [0.15, 0.2) is 46.5 Å². The minimum atomic E-state index is -0.464. The number of hydrogen-bond acceptors (Lipinski definition) is 5. The number of benzene rings is 1. The minimum Gasteiger partial charge on any atom is -0.503 e. The molecule has 0 aliphatic carbocycles. The lowest BCUT2D eigenvalue weighted by Crippen LogP contribution is -2.26. The van der Waals surface area contributed by atoms with Gasteiger partial charge in [0.15, 0.2) is 10.9 Å². The van der Waals surface area contributed by atoms with Crippen LogP contribution in [0.4, 0.5) is 0 Å². The van der Waals surface area contributed by atoms with Crippen molar-refractivity contribution >= 4 is 28.7 Å². The van der Waals surface area contributed by atoms with E-state index < -0.39 is 5.43 Å². The van der Waals surface area contributed by atoms with Crippen molar-refractivity contribution in [1.29, 1.82) is 0 Å². The van der Waals surface area contributed by atoms with E-state index in [0.717, 1.165) is 11.0 Å². The molecule has 8 heteroatoms. The van der Waals surface area contributed by atoms with Crippen molar-refractivity contribution in [3.8, 4) is 5.75 Å². The molecule has 0 atom stereocenters. The maximum absolute atomic E-state index is 12.0. The van der Waals surface area contributed by atoms with Crippen LogP contribution in [0.25, 0.3) is 11.0 Å². The van der Waals surface area contributed by atoms with Gasteiger partial charge in [0.2, 0.25) is 11.3 Å². The molecule has 0 bridgehead atoms. The molecule has 0 radical (unpaired) electrons. The van der Waals surface area contributed by atoms with E-state index in [1.54, 1.807) is 11.6 Å². The summed E-state index contributed by atoms with van der Waals surface area (Å²) in [7, 11) is 1.70.